The first-order valence-corrected chi connectivity index (χ1v) is 7.86. The van der Waals surface area contributed by atoms with Gasteiger partial charge < -0.3 is 10.5 Å². The van der Waals surface area contributed by atoms with Crippen molar-refractivity contribution in [3.8, 4) is 16.9 Å². The van der Waals surface area contributed by atoms with Crippen molar-refractivity contribution in [1.29, 1.82) is 0 Å². The van der Waals surface area contributed by atoms with E-state index in [1.165, 1.54) is 0 Å². The lowest BCUT2D eigenvalue weighted by molar-refractivity contribution is 0.216. The summed E-state index contributed by atoms with van der Waals surface area (Å²) in [4.78, 5) is 0. The normalized spacial score (nSPS) is 12.0. The quantitative estimate of drug-likeness (QED) is 0.752. The van der Waals surface area contributed by atoms with Gasteiger partial charge in [0.25, 0.3) is 0 Å². The molecule has 0 saturated carbocycles. The molecule has 0 radical (unpaired) electrons. The predicted octanol–water partition coefficient (Wildman–Crippen LogP) is 4.49. The highest BCUT2D eigenvalue weighted by atomic mass is 32.1. The molecule has 106 valence electrons. The molecular weight excluding hydrogens is 278 g/mol. The molecule has 2 nitrogen and oxygen atoms in total. The highest BCUT2D eigenvalue weighted by Gasteiger charge is 2.14. The Balaban J connectivity index is 1.92. The monoisotopic (exact) mass is 295 g/mol. The van der Waals surface area contributed by atoms with E-state index in [2.05, 4.69) is 29.6 Å². The zero-order valence-corrected chi connectivity index (χ0v) is 12.4. The van der Waals surface area contributed by atoms with Gasteiger partial charge in [0.15, 0.2) is 0 Å². The molecule has 1 aromatic heterocycles. The van der Waals surface area contributed by atoms with E-state index in [0.717, 1.165) is 22.4 Å². The summed E-state index contributed by atoms with van der Waals surface area (Å²) in [6.45, 7) is 0.458. The second kappa shape index (κ2) is 6.57. The average Bonchev–Trinajstić information content (AvgIpc) is 3.08. The number of rotatable bonds is 5. The molecule has 2 aromatic carbocycles. The van der Waals surface area contributed by atoms with Crippen LogP contribution in [0.15, 0.2) is 71.4 Å². The van der Waals surface area contributed by atoms with Crippen molar-refractivity contribution in [2.45, 2.75) is 6.10 Å². The van der Waals surface area contributed by atoms with Gasteiger partial charge >= 0.3 is 0 Å². The summed E-state index contributed by atoms with van der Waals surface area (Å²) in [5.74, 6) is 0.866. The first-order valence-electron chi connectivity index (χ1n) is 6.92. The highest BCUT2D eigenvalue weighted by molar-refractivity contribution is 7.07. The Morgan fingerprint density at radius 3 is 2.43 bits per heavy atom. The highest BCUT2D eigenvalue weighted by Crippen LogP contribution is 2.33. The number of hydrogen-bond acceptors (Lipinski definition) is 3. The van der Waals surface area contributed by atoms with Crippen LogP contribution in [0.2, 0.25) is 0 Å². The van der Waals surface area contributed by atoms with Crippen LogP contribution >= 0.6 is 11.3 Å². The lowest BCUT2D eigenvalue weighted by Crippen LogP contribution is -2.18. The van der Waals surface area contributed by atoms with Gasteiger partial charge in [-0.25, -0.2) is 0 Å². The number of thiophene rings is 1. The van der Waals surface area contributed by atoms with E-state index in [9.17, 15) is 0 Å². The van der Waals surface area contributed by atoms with Crippen molar-refractivity contribution in [3.05, 3.63) is 77.0 Å². The second-order valence-electron chi connectivity index (χ2n) is 4.76. The minimum atomic E-state index is -0.110. The zero-order valence-electron chi connectivity index (χ0n) is 11.6. The number of benzene rings is 2. The number of hydrogen-bond donors (Lipinski definition) is 1. The molecule has 0 saturated heterocycles. The SMILES string of the molecule is NCC(Oc1ccccc1-c1ccccc1)c1ccsc1. The van der Waals surface area contributed by atoms with Crippen molar-refractivity contribution >= 4 is 11.3 Å². The molecule has 0 aliphatic rings. The van der Waals surface area contributed by atoms with Crippen LogP contribution in [0.3, 0.4) is 0 Å². The first kappa shape index (κ1) is 13.9. The second-order valence-corrected chi connectivity index (χ2v) is 5.54. The Kier molecular flexibility index (Phi) is 4.34. The maximum absolute atomic E-state index is 6.18. The molecular formula is C18H17NOS. The first-order chi connectivity index (χ1) is 10.4. The Bertz CT molecular complexity index is 679. The average molecular weight is 295 g/mol. The molecule has 0 spiro atoms. The van der Waals surface area contributed by atoms with Gasteiger partial charge in [-0.15, -0.1) is 0 Å². The van der Waals surface area contributed by atoms with E-state index in [0.29, 0.717) is 6.54 Å². The molecule has 2 N–H and O–H groups in total. The number of ether oxygens (including phenoxy) is 1. The number of nitrogens with two attached hydrogens (primary N) is 1. The third-order valence-corrected chi connectivity index (χ3v) is 4.07. The van der Waals surface area contributed by atoms with E-state index in [1.807, 2.05) is 41.8 Å². The van der Waals surface area contributed by atoms with E-state index in [4.69, 9.17) is 10.5 Å². The van der Waals surface area contributed by atoms with E-state index >= 15 is 0 Å². The summed E-state index contributed by atoms with van der Waals surface area (Å²) >= 11 is 1.66. The molecule has 0 amide bonds. The Hall–Kier alpha value is -2.10. The van der Waals surface area contributed by atoms with Crippen LogP contribution in [0, 0.1) is 0 Å². The standard InChI is InChI=1S/C18H17NOS/c19-12-18(15-10-11-21-13-15)20-17-9-5-4-8-16(17)14-6-2-1-3-7-14/h1-11,13,18H,12,19H2. The molecule has 3 aromatic rings. The van der Waals surface area contributed by atoms with Crippen LogP contribution < -0.4 is 10.5 Å². The largest absolute Gasteiger partial charge is 0.484 e. The molecule has 3 heteroatoms. The van der Waals surface area contributed by atoms with Gasteiger partial charge in [0, 0.05) is 17.7 Å². The molecule has 21 heavy (non-hydrogen) atoms. The minimum absolute atomic E-state index is 0.110. The van der Waals surface area contributed by atoms with Gasteiger partial charge in [-0.1, -0.05) is 48.5 Å². The summed E-state index contributed by atoms with van der Waals surface area (Å²) in [5.41, 5.74) is 9.25. The van der Waals surface area contributed by atoms with Crippen molar-refractivity contribution in [2.75, 3.05) is 6.54 Å². The van der Waals surface area contributed by atoms with E-state index in [1.54, 1.807) is 11.3 Å². The van der Waals surface area contributed by atoms with Crippen molar-refractivity contribution < 1.29 is 4.74 Å². The fourth-order valence-corrected chi connectivity index (χ4v) is 2.99. The van der Waals surface area contributed by atoms with Crippen molar-refractivity contribution in [1.82, 2.24) is 0 Å². The van der Waals surface area contributed by atoms with Gasteiger partial charge in [-0.2, -0.15) is 11.3 Å². The van der Waals surface area contributed by atoms with Crippen LogP contribution in [-0.4, -0.2) is 6.54 Å². The Morgan fingerprint density at radius 2 is 1.71 bits per heavy atom. The number of para-hydroxylation sites is 1. The van der Waals surface area contributed by atoms with E-state index in [-0.39, 0.29) is 6.10 Å². The van der Waals surface area contributed by atoms with Crippen LogP contribution in [0.25, 0.3) is 11.1 Å². The summed E-state index contributed by atoms with van der Waals surface area (Å²) in [6.07, 6.45) is -0.110. The van der Waals surface area contributed by atoms with Gasteiger partial charge in [-0.05, 0) is 28.5 Å². The van der Waals surface area contributed by atoms with Crippen LogP contribution in [-0.2, 0) is 0 Å². The smallest absolute Gasteiger partial charge is 0.137 e. The van der Waals surface area contributed by atoms with Crippen LogP contribution in [0.5, 0.6) is 5.75 Å². The summed E-state index contributed by atoms with van der Waals surface area (Å²) in [6, 6.07) is 20.4. The molecule has 1 unspecified atom stereocenters. The molecule has 0 fully saturated rings. The summed E-state index contributed by atoms with van der Waals surface area (Å²) in [7, 11) is 0. The molecule has 0 aliphatic heterocycles. The van der Waals surface area contributed by atoms with Crippen LogP contribution in [0.1, 0.15) is 11.7 Å². The van der Waals surface area contributed by atoms with Gasteiger partial charge in [0.2, 0.25) is 0 Å². The Morgan fingerprint density at radius 1 is 0.952 bits per heavy atom. The summed E-state index contributed by atoms with van der Waals surface area (Å²) < 4.78 is 6.18. The zero-order chi connectivity index (χ0) is 14.5. The fraction of sp³-hybridized carbons (Fsp3) is 0.111. The molecule has 1 heterocycles. The van der Waals surface area contributed by atoms with Gasteiger partial charge in [0.05, 0.1) is 0 Å². The molecule has 0 bridgehead atoms. The molecule has 1 atom stereocenters. The summed E-state index contributed by atoms with van der Waals surface area (Å²) in [5, 5.41) is 4.13. The van der Waals surface area contributed by atoms with Gasteiger partial charge in [-0.3, -0.25) is 0 Å². The third kappa shape index (κ3) is 3.15. The third-order valence-electron chi connectivity index (χ3n) is 3.37. The Labute approximate surface area is 128 Å². The molecule has 0 aliphatic carbocycles. The van der Waals surface area contributed by atoms with Crippen molar-refractivity contribution in [3.63, 3.8) is 0 Å². The fourth-order valence-electron chi connectivity index (χ4n) is 2.29. The lowest BCUT2D eigenvalue weighted by atomic mass is 10.0. The van der Waals surface area contributed by atoms with Gasteiger partial charge in [0.1, 0.15) is 11.9 Å². The molecule has 3 rings (SSSR count). The maximum atomic E-state index is 6.18. The van der Waals surface area contributed by atoms with Crippen molar-refractivity contribution in [2.24, 2.45) is 5.73 Å². The maximum Gasteiger partial charge on any atom is 0.137 e. The predicted molar refractivity (Wildman–Crippen MR) is 88.6 cm³/mol. The minimum Gasteiger partial charge on any atom is -0.484 e. The van der Waals surface area contributed by atoms with Crippen LogP contribution in [0.4, 0.5) is 0 Å². The lowest BCUT2D eigenvalue weighted by Gasteiger charge is -2.19. The van der Waals surface area contributed by atoms with E-state index < -0.39 is 0 Å². The topological polar surface area (TPSA) is 35.2 Å².